The first-order valence-electron chi connectivity index (χ1n) is 2.62. The minimum absolute atomic E-state index is 0.108. The topological polar surface area (TPSA) is 15.6 Å². The predicted octanol–water partition coefficient (Wildman–Crippen LogP) is 1.36. The maximum atomic E-state index is 11.7. The third-order valence-corrected chi connectivity index (χ3v) is 0.976. The van der Waals surface area contributed by atoms with Gasteiger partial charge >= 0.3 is 6.30 Å². The van der Waals surface area contributed by atoms with Crippen molar-refractivity contribution in [2.75, 3.05) is 6.54 Å². The van der Waals surface area contributed by atoms with E-state index in [2.05, 4.69) is 4.99 Å². The van der Waals surface area contributed by atoms with Crippen molar-refractivity contribution in [2.24, 2.45) is 4.99 Å². The molecular weight excluding hydrogens is 145 g/mol. The van der Waals surface area contributed by atoms with Crippen LogP contribution in [-0.2, 0) is 0 Å². The molecule has 0 aromatic heterocycles. The van der Waals surface area contributed by atoms with Gasteiger partial charge in [-0.1, -0.05) is 0 Å². The lowest BCUT2D eigenvalue weighted by Crippen LogP contribution is -2.33. The zero-order chi connectivity index (χ0) is 7.61. The van der Waals surface area contributed by atoms with E-state index in [-0.39, 0.29) is 4.90 Å². The van der Waals surface area contributed by atoms with Crippen molar-refractivity contribution in [1.82, 2.24) is 4.90 Å². The molecule has 1 heterocycles. The minimum Gasteiger partial charge on any atom is -0.271 e. The first-order chi connectivity index (χ1) is 4.61. The van der Waals surface area contributed by atoms with Crippen LogP contribution in [0.15, 0.2) is 17.3 Å². The normalized spacial score (nSPS) is 18.1. The molecule has 0 unspecified atom stereocenters. The van der Waals surface area contributed by atoms with Gasteiger partial charge in [0.1, 0.15) is 0 Å². The van der Waals surface area contributed by atoms with Gasteiger partial charge in [-0.2, -0.15) is 0 Å². The van der Waals surface area contributed by atoms with Crippen LogP contribution in [0.3, 0.4) is 0 Å². The SMILES string of the molecule is FC(F)(F)N1C=CCN=C1. The molecular formula is C5H5F3N2. The van der Waals surface area contributed by atoms with E-state index in [1.165, 1.54) is 6.08 Å². The molecule has 10 heavy (non-hydrogen) atoms. The Morgan fingerprint density at radius 3 is 2.40 bits per heavy atom. The molecule has 1 aliphatic heterocycles. The maximum absolute atomic E-state index is 11.7. The fourth-order valence-electron chi connectivity index (χ4n) is 0.545. The Morgan fingerprint density at radius 2 is 2.10 bits per heavy atom. The van der Waals surface area contributed by atoms with Crippen LogP contribution >= 0.6 is 0 Å². The monoisotopic (exact) mass is 150 g/mol. The van der Waals surface area contributed by atoms with Gasteiger partial charge in [-0.05, 0) is 6.08 Å². The molecule has 0 N–H and O–H groups in total. The van der Waals surface area contributed by atoms with Crippen LogP contribution in [0.5, 0.6) is 0 Å². The van der Waals surface area contributed by atoms with Crippen LogP contribution in [-0.4, -0.2) is 24.1 Å². The summed E-state index contributed by atoms with van der Waals surface area (Å²) in [5.41, 5.74) is 0. The Bertz CT molecular complexity index is 158. The lowest BCUT2D eigenvalue weighted by molar-refractivity contribution is -0.200. The maximum Gasteiger partial charge on any atom is 0.489 e. The number of nitrogens with zero attached hydrogens (tertiary/aromatic N) is 2. The summed E-state index contributed by atoms with van der Waals surface area (Å²) in [6.45, 7) is 0.326. The summed E-state index contributed by atoms with van der Waals surface area (Å²) in [7, 11) is 0. The number of rotatable bonds is 0. The lowest BCUT2D eigenvalue weighted by Gasteiger charge is -2.19. The van der Waals surface area contributed by atoms with Crippen LogP contribution < -0.4 is 0 Å². The van der Waals surface area contributed by atoms with Crippen LogP contribution in [0.1, 0.15) is 0 Å². The Hall–Kier alpha value is -1.00. The molecule has 0 aromatic carbocycles. The molecule has 0 bridgehead atoms. The quantitative estimate of drug-likeness (QED) is 0.476. The lowest BCUT2D eigenvalue weighted by atomic mass is 10.5. The molecule has 5 heteroatoms. The van der Waals surface area contributed by atoms with Crippen LogP contribution in [0.2, 0.25) is 0 Å². The van der Waals surface area contributed by atoms with Crippen LogP contribution in [0.4, 0.5) is 13.2 Å². The van der Waals surface area contributed by atoms with Gasteiger partial charge in [0.15, 0.2) is 0 Å². The van der Waals surface area contributed by atoms with Crippen molar-refractivity contribution in [2.45, 2.75) is 6.30 Å². The van der Waals surface area contributed by atoms with E-state index in [0.29, 0.717) is 6.54 Å². The molecule has 0 saturated carbocycles. The van der Waals surface area contributed by atoms with Crippen molar-refractivity contribution < 1.29 is 13.2 Å². The molecule has 1 rings (SSSR count). The van der Waals surface area contributed by atoms with Gasteiger partial charge in [-0.3, -0.25) is 9.89 Å². The van der Waals surface area contributed by atoms with Crippen molar-refractivity contribution in [3.05, 3.63) is 12.3 Å². The van der Waals surface area contributed by atoms with Gasteiger partial charge in [-0.25, -0.2) is 0 Å². The van der Waals surface area contributed by atoms with E-state index in [0.717, 1.165) is 12.5 Å². The highest BCUT2D eigenvalue weighted by molar-refractivity contribution is 5.58. The van der Waals surface area contributed by atoms with E-state index in [1.54, 1.807) is 0 Å². The van der Waals surface area contributed by atoms with Gasteiger partial charge in [0.25, 0.3) is 0 Å². The average Bonchev–Trinajstić information content (AvgIpc) is 1.88. The highest BCUT2D eigenvalue weighted by Crippen LogP contribution is 2.20. The molecule has 0 amide bonds. The Labute approximate surface area is 55.7 Å². The summed E-state index contributed by atoms with van der Waals surface area (Å²) in [6, 6.07) is 0. The van der Waals surface area contributed by atoms with Gasteiger partial charge < -0.3 is 0 Å². The molecule has 0 aliphatic carbocycles. The largest absolute Gasteiger partial charge is 0.489 e. The zero-order valence-electron chi connectivity index (χ0n) is 4.97. The van der Waals surface area contributed by atoms with Gasteiger partial charge in [0.05, 0.1) is 12.9 Å². The second-order valence-electron chi connectivity index (χ2n) is 1.74. The molecule has 0 atom stereocenters. The highest BCUT2D eigenvalue weighted by atomic mass is 19.4. The van der Waals surface area contributed by atoms with Crippen molar-refractivity contribution in [1.29, 1.82) is 0 Å². The summed E-state index contributed by atoms with van der Waals surface area (Å²) in [4.78, 5) is 3.53. The zero-order valence-corrected chi connectivity index (χ0v) is 4.97. The fourth-order valence-corrected chi connectivity index (χ4v) is 0.545. The second-order valence-corrected chi connectivity index (χ2v) is 1.74. The van der Waals surface area contributed by atoms with Crippen LogP contribution in [0, 0.1) is 0 Å². The van der Waals surface area contributed by atoms with E-state index in [4.69, 9.17) is 0 Å². The number of aliphatic imine (C=N–C) groups is 1. The van der Waals surface area contributed by atoms with Gasteiger partial charge in [0.2, 0.25) is 0 Å². The van der Waals surface area contributed by atoms with E-state index < -0.39 is 6.30 Å². The molecule has 0 saturated heterocycles. The molecule has 0 fully saturated rings. The summed E-state index contributed by atoms with van der Waals surface area (Å²) in [5.74, 6) is 0. The van der Waals surface area contributed by atoms with E-state index in [9.17, 15) is 13.2 Å². The summed E-state index contributed by atoms with van der Waals surface area (Å²) in [5, 5.41) is 0. The fraction of sp³-hybridized carbons (Fsp3) is 0.400. The smallest absolute Gasteiger partial charge is 0.271 e. The number of hydrogen-bond donors (Lipinski definition) is 0. The van der Waals surface area contributed by atoms with Crippen LogP contribution in [0.25, 0.3) is 0 Å². The van der Waals surface area contributed by atoms with Gasteiger partial charge in [0, 0.05) is 6.20 Å². The Morgan fingerprint density at radius 1 is 1.40 bits per heavy atom. The first-order valence-corrected chi connectivity index (χ1v) is 2.62. The third kappa shape index (κ3) is 1.49. The molecule has 56 valence electrons. The molecule has 0 spiro atoms. The molecule has 1 aliphatic rings. The highest BCUT2D eigenvalue weighted by Gasteiger charge is 2.34. The van der Waals surface area contributed by atoms with Gasteiger partial charge in [-0.15, -0.1) is 13.2 Å². The Kier molecular flexibility index (Phi) is 1.65. The number of halogens is 3. The van der Waals surface area contributed by atoms with E-state index >= 15 is 0 Å². The molecule has 0 radical (unpaired) electrons. The number of hydrogen-bond acceptors (Lipinski definition) is 2. The van der Waals surface area contributed by atoms with Crippen molar-refractivity contribution in [3.8, 4) is 0 Å². The summed E-state index contributed by atoms with van der Waals surface area (Å²) < 4.78 is 35.2. The minimum atomic E-state index is -4.33. The Balaban J connectivity index is 2.64. The van der Waals surface area contributed by atoms with E-state index in [1.807, 2.05) is 0 Å². The average molecular weight is 150 g/mol. The second kappa shape index (κ2) is 2.32. The standard InChI is InChI=1S/C5H5F3N2/c6-5(7,8)10-3-1-2-9-4-10/h1,3-4H,2H2. The predicted molar refractivity (Wildman–Crippen MR) is 30.4 cm³/mol. The number of alkyl halides is 3. The van der Waals surface area contributed by atoms with Crippen molar-refractivity contribution in [3.63, 3.8) is 0 Å². The van der Waals surface area contributed by atoms with Crippen molar-refractivity contribution >= 4 is 6.34 Å². The third-order valence-electron chi connectivity index (χ3n) is 0.976. The first kappa shape index (κ1) is 7.11. The molecule has 2 nitrogen and oxygen atoms in total. The summed E-state index contributed by atoms with van der Waals surface area (Å²) >= 11 is 0. The molecule has 0 aromatic rings. The summed E-state index contributed by atoms with van der Waals surface area (Å²) in [6.07, 6.45) is -1.28.